The van der Waals surface area contributed by atoms with Gasteiger partial charge in [-0.15, -0.1) is 6.42 Å². The largest absolute Gasteiger partial charge is 0.352 e. The van der Waals surface area contributed by atoms with E-state index < -0.39 is 12.1 Å². The summed E-state index contributed by atoms with van der Waals surface area (Å²) in [5, 5.41) is 8.46. The van der Waals surface area contributed by atoms with Crippen molar-refractivity contribution in [2.24, 2.45) is 0 Å². The zero-order valence-electron chi connectivity index (χ0n) is 14.4. The highest BCUT2D eigenvalue weighted by atomic mass is 16.2. The Morgan fingerprint density at radius 3 is 2.58 bits per heavy atom. The molecule has 1 aliphatic rings. The van der Waals surface area contributed by atoms with Gasteiger partial charge in [0.2, 0.25) is 5.91 Å². The van der Waals surface area contributed by atoms with Gasteiger partial charge in [-0.2, -0.15) is 0 Å². The molecule has 1 saturated carbocycles. The van der Waals surface area contributed by atoms with Crippen LogP contribution < -0.4 is 16.0 Å². The van der Waals surface area contributed by atoms with Gasteiger partial charge < -0.3 is 16.0 Å². The Bertz CT molecular complexity index is 823. The van der Waals surface area contributed by atoms with Crippen LogP contribution in [0.2, 0.25) is 0 Å². The van der Waals surface area contributed by atoms with Crippen LogP contribution in [-0.2, 0) is 11.2 Å². The second-order valence-corrected chi connectivity index (χ2v) is 6.35. The monoisotopic (exact) mass is 347 g/mol. The summed E-state index contributed by atoms with van der Waals surface area (Å²) in [4.78, 5) is 24.9. The lowest BCUT2D eigenvalue weighted by molar-refractivity contribution is -0.123. The van der Waals surface area contributed by atoms with Crippen molar-refractivity contribution in [1.29, 1.82) is 0 Å². The van der Waals surface area contributed by atoms with Gasteiger partial charge in [0.05, 0.1) is 0 Å². The van der Waals surface area contributed by atoms with E-state index in [9.17, 15) is 9.59 Å². The van der Waals surface area contributed by atoms with Crippen molar-refractivity contribution in [1.82, 2.24) is 10.6 Å². The summed E-state index contributed by atoms with van der Waals surface area (Å²) in [5.41, 5.74) is 2.24. The Balaban J connectivity index is 1.66. The quantitative estimate of drug-likeness (QED) is 0.703. The molecule has 0 unspecified atom stereocenters. The summed E-state index contributed by atoms with van der Waals surface area (Å²) in [6.07, 6.45) is 7.79. The zero-order chi connectivity index (χ0) is 18.4. The Morgan fingerprint density at radius 2 is 1.88 bits per heavy atom. The molecule has 3 N–H and O–H groups in total. The number of urea groups is 1. The summed E-state index contributed by atoms with van der Waals surface area (Å²) in [6.45, 7) is 0. The minimum absolute atomic E-state index is 0.163. The van der Waals surface area contributed by atoms with Crippen molar-refractivity contribution in [2.75, 3.05) is 5.32 Å². The summed E-state index contributed by atoms with van der Waals surface area (Å²) < 4.78 is 0. The molecular formula is C21H21N3O2. The van der Waals surface area contributed by atoms with Gasteiger partial charge in [0.25, 0.3) is 0 Å². The van der Waals surface area contributed by atoms with Crippen LogP contribution in [0.5, 0.6) is 0 Å². The van der Waals surface area contributed by atoms with E-state index in [1.165, 1.54) is 0 Å². The van der Waals surface area contributed by atoms with Crippen LogP contribution in [0.15, 0.2) is 54.6 Å². The number of hydrogen-bond acceptors (Lipinski definition) is 2. The van der Waals surface area contributed by atoms with E-state index in [1.807, 2.05) is 30.3 Å². The predicted octanol–water partition coefficient (Wildman–Crippen LogP) is 2.68. The van der Waals surface area contributed by atoms with E-state index in [2.05, 4.69) is 21.9 Å². The lowest BCUT2D eigenvalue weighted by atomic mass is 10.1. The third kappa shape index (κ3) is 5.12. The SMILES string of the molecule is C#Cc1cccc(NC(=O)N[C@@H](Cc2ccccc2)C(=O)NC2CC2)c1. The number of anilines is 1. The van der Waals surface area contributed by atoms with Gasteiger partial charge in [-0.1, -0.05) is 42.3 Å². The minimum atomic E-state index is -0.645. The molecule has 2 aromatic rings. The smallest absolute Gasteiger partial charge is 0.319 e. The topological polar surface area (TPSA) is 70.2 Å². The van der Waals surface area contributed by atoms with Gasteiger partial charge in [0.15, 0.2) is 0 Å². The fraction of sp³-hybridized carbons (Fsp3) is 0.238. The average molecular weight is 347 g/mol. The number of amides is 3. The Labute approximate surface area is 153 Å². The van der Waals surface area contributed by atoms with Gasteiger partial charge in [0, 0.05) is 23.7 Å². The van der Waals surface area contributed by atoms with Crippen LogP contribution in [-0.4, -0.2) is 24.0 Å². The molecular weight excluding hydrogens is 326 g/mol. The highest BCUT2D eigenvalue weighted by Crippen LogP contribution is 2.19. The molecule has 26 heavy (non-hydrogen) atoms. The third-order valence-corrected chi connectivity index (χ3v) is 4.12. The van der Waals surface area contributed by atoms with Crippen molar-refractivity contribution >= 4 is 17.6 Å². The average Bonchev–Trinajstić information content (AvgIpc) is 3.46. The molecule has 1 atom stereocenters. The number of hydrogen-bond donors (Lipinski definition) is 3. The molecule has 0 saturated heterocycles. The van der Waals surface area contributed by atoms with Crippen molar-refractivity contribution in [3.05, 3.63) is 65.7 Å². The molecule has 5 heteroatoms. The van der Waals surface area contributed by atoms with E-state index in [0.717, 1.165) is 18.4 Å². The first-order chi connectivity index (χ1) is 12.6. The Morgan fingerprint density at radius 1 is 1.12 bits per heavy atom. The van der Waals surface area contributed by atoms with Crippen LogP contribution in [0.1, 0.15) is 24.0 Å². The number of carbonyl (C=O) groups is 2. The van der Waals surface area contributed by atoms with Gasteiger partial charge in [-0.05, 0) is 36.6 Å². The third-order valence-electron chi connectivity index (χ3n) is 4.12. The van der Waals surface area contributed by atoms with E-state index in [-0.39, 0.29) is 11.9 Å². The molecule has 1 aliphatic carbocycles. The molecule has 3 rings (SSSR count). The molecule has 5 nitrogen and oxygen atoms in total. The van der Waals surface area contributed by atoms with Crippen molar-refractivity contribution in [3.63, 3.8) is 0 Å². The number of benzene rings is 2. The highest BCUT2D eigenvalue weighted by Gasteiger charge is 2.28. The van der Waals surface area contributed by atoms with E-state index >= 15 is 0 Å². The number of rotatable bonds is 6. The van der Waals surface area contributed by atoms with Crippen LogP contribution >= 0.6 is 0 Å². The van der Waals surface area contributed by atoms with Crippen LogP contribution in [0.25, 0.3) is 0 Å². The minimum Gasteiger partial charge on any atom is -0.352 e. The lowest BCUT2D eigenvalue weighted by Gasteiger charge is -2.19. The fourth-order valence-corrected chi connectivity index (χ4v) is 2.60. The summed E-state index contributed by atoms with van der Waals surface area (Å²) >= 11 is 0. The van der Waals surface area contributed by atoms with Gasteiger partial charge >= 0.3 is 6.03 Å². The number of nitrogens with one attached hydrogen (secondary N) is 3. The molecule has 0 radical (unpaired) electrons. The maximum atomic E-state index is 12.5. The molecule has 0 aromatic heterocycles. The first kappa shape index (κ1) is 17.6. The summed E-state index contributed by atoms with van der Waals surface area (Å²) in [6, 6.07) is 15.8. The van der Waals surface area contributed by atoms with Crippen LogP contribution in [0.4, 0.5) is 10.5 Å². The first-order valence-electron chi connectivity index (χ1n) is 8.62. The first-order valence-corrected chi connectivity index (χ1v) is 8.62. The van der Waals surface area contributed by atoms with Crippen LogP contribution in [0, 0.1) is 12.3 Å². The molecule has 0 heterocycles. The van der Waals surface area contributed by atoms with E-state index in [1.54, 1.807) is 24.3 Å². The fourth-order valence-electron chi connectivity index (χ4n) is 2.60. The Kier molecular flexibility index (Phi) is 5.55. The zero-order valence-corrected chi connectivity index (χ0v) is 14.4. The number of terminal acetylenes is 1. The van der Waals surface area contributed by atoms with Gasteiger partial charge in [0.1, 0.15) is 6.04 Å². The highest BCUT2D eigenvalue weighted by molar-refractivity contribution is 5.94. The number of carbonyl (C=O) groups excluding carboxylic acids is 2. The van der Waals surface area contributed by atoms with E-state index in [0.29, 0.717) is 17.7 Å². The lowest BCUT2D eigenvalue weighted by Crippen LogP contribution is -2.49. The Hall–Kier alpha value is -3.26. The van der Waals surface area contributed by atoms with Gasteiger partial charge in [-0.3, -0.25) is 4.79 Å². The molecule has 2 aromatic carbocycles. The van der Waals surface area contributed by atoms with Crippen molar-refractivity contribution in [3.8, 4) is 12.3 Å². The molecule has 0 aliphatic heterocycles. The normalized spacial score (nSPS) is 14.0. The van der Waals surface area contributed by atoms with Crippen LogP contribution in [0.3, 0.4) is 0 Å². The second kappa shape index (κ2) is 8.21. The van der Waals surface area contributed by atoms with Crippen molar-refractivity contribution < 1.29 is 9.59 Å². The summed E-state index contributed by atoms with van der Waals surface area (Å²) in [7, 11) is 0. The molecule has 1 fully saturated rings. The van der Waals surface area contributed by atoms with Gasteiger partial charge in [-0.25, -0.2) is 4.79 Å². The maximum absolute atomic E-state index is 12.5. The summed E-state index contributed by atoms with van der Waals surface area (Å²) in [5.74, 6) is 2.36. The van der Waals surface area contributed by atoms with Crippen molar-refractivity contribution in [2.45, 2.75) is 31.3 Å². The molecule has 3 amide bonds. The second-order valence-electron chi connectivity index (χ2n) is 6.35. The predicted molar refractivity (Wildman–Crippen MR) is 102 cm³/mol. The molecule has 0 spiro atoms. The maximum Gasteiger partial charge on any atom is 0.319 e. The molecule has 0 bridgehead atoms. The molecule has 132 valence electrons. The van der Waals surface area contributed by atoms with E-state index in [4.69, 9.17) is 6.42 Å². The standard InChI is InChI=1S/C21H21N3O2/c1-2-15-9-6-10-18(13-15)23-21(26)24-19(20(25)22-17-11-12-17)14-16-7-4-3-5-8-16/h1,3-10,13,17,19H,11-12,14H2,(H,22,25)(H2,23,24,26)/t19-/m0/s1.